The second kappa shape index (κ2) is 8.50. The van der Waals surface area contributed by atoms with Gasteiger partial charge < -0.3 is 9.84 Å². The van der Waals surface area contributed by atoms with Crippen molar-refractivity contribution in [3.8, 4) is 5.75 Å². The summed E-state index contributed by atoms with van der Waals surface area (Å²) >= 11 is 0. The molecule has 0 amide bonds. The molecule has 0 radical (unpaired) electrons. The number of aryl methyl sites for hydroxylation is 1. The summed E-state index contributed by atoms with van der Waals surface area (Å²) in [6.07, 6.45) is 1.19. The molecule has 1 rings (SSSR count). The predicted octanol–water partition coefficient (Wildman–Crippen LogP) is 2.57. The zero-order chi connectivity index (χ0) is 16.8. The third-order valence-electron chi connectivity index (χ3n) is 3.33. The Hall–Kier alpha value is -1.11. The van der Waals surface area contributed by atoms with Gasteiger partial charge >= 0.3 is 0 Å². The van der Waals surface area contributed by atoms with Crippen LogP contribution in [0.4, 0.5) is 0 Å². The molecule has 0 heterocycles. The van der Waals surface area contributed by atoms with E-state index in [1.165, 1.54) is 0 Å². The molecule has 1 aromatic carbocycles. The lowest BCUT2D eigenvalue weighted by Crippen LogP contribution is -2.26. The van der Waals surface area contributed by atoms with Gasteiger partial charge in [0.25, 0.3) is 0 Å². The second-order valence-corrected chi connectivity index (χ2v) is 7.37. The van der Waals surface area contributed by atoms with Crippen LogP contribution >= 0.6 is 0 Å². The zero-order valence-electron chi connectivity index (χ0n) is 13.8. The maximum absolute atomic E-state index is 12.5. The molecule has 5 nitrogen and oxygen atoms in total. The van der Waals surface area contributed by atoms with E-state index in [0.29, 0.717) is 18.8 Å². The Morgan fingerprint density at radius 1 is 1.32 bits per heavy atom. The summed E-state index contributed by atoms with van der Waals surface area (Å²) < 4.78 is 33.1. The van der Waals surface area contributed by atoms with Gasteiger partial charge in [0.15, 0.2) is 0 Å². The van der Waals surface area contributed by atoms with E-state index in [9.17, 15) is 8.42 Å². The molecular weight excluding hydrogens is 302 g/mol. The standard InChI is InChI=1S/C16H27NO4S/c1-5-9-21-15-10-13(4)14(12(2)3)11-16(15)22(19,20)17-7-6-8-18/h10-12,17-18H,5-9H2,1-4H3. The van der Waals surface area contributed by atoms with Crippen molar-refractivity contribution in [1.29, 1.82) is 0 Å². The first kappa shape index (κ1) is 18.9. The van der Waals surface area contributed by atoms with Gasteiger partial charge in [-0.25, -0.2) is 13.1 Å². The third-order valence-corrected chi connectivity index (χ3v) is 4.81. The quantitative estimate of drug-likeness (QED) is 0.683. The Bertz CT molecular complexity index is 582. The molecule has 22 heavy (non-hydrogen) atoms. The van der Waals surface area contributed by atoms with Crippen LogP contribution in [0.25, 0.3) is 0 Å². The smallest absolute Gasteiger partial charge is 0.244 e. The molecule has 6 heteroatoms. The summed E-state index contributed by atoms with van der Waals surface area (Å²) in [5, 5.41) is 8.80. The van der Waals surface area contributed by atoms with E-state index in [1.54, 1.807) is 12.1 Å². The van der Waals surface area contributed by atoms with Crippen molar-refractivity contribution in [2.45, 2.75) is 51.3 Å². The number of aliphatic hydroxyl groups is 1. The van der Waals surface area contributed by atoms with Crippen LogP contribution in [0.2, 0.25) is 0 Å². The highest BCUT2D eigenvalue weighted by Crippen LogP contribution is 2.31. The third kappa shape index (κ3) is 4.97. The molecule has 0 bridgehead atoms. The van der Waals surface area contributed by atoms with Crippen LogP contribution in [0, 0.1) is 6.92 Å². The maximum Gasteiger partial charge on any atom is 0.244 e. The number of sulfonamides is 1. The summed E-state index contributed by atoms with van der Waals surface area (Å²) in [5.41, 5.74) is 2.02. The number of nitrogens with one attached hydrogen (secondary N) is 1. The fraction of sp³-hybridized carbons (Fsp3) is 0.625. The molecule has 0 fully saturated rings. The lowest BCUT2D eigenvalue weighted by Gasteiger charge is -2.17. The minimum atomic E-state index is -3.65. The summed E-state index contributed by atoms with van der Waals surface area (Å²) in [5.74, 6) is 0.617. The summed E-state index contributed by atoms with van der Waals surface area (Å²) in [6.45, 7) is 8.63. The molecule has 0 aliphatic rings. The fourth-order valence-corrected chi connectivity index (χ4v) is 3.43. The number of rotatable bonds is 9. The van der Waals surface area contributed by atoms with E-state index in [4.69, 9.17) is 9.84 Å². The molecule has 0 saturated carbocycles. The minimum absolute atomic E-state index is 0.0488. The highest BCUT2D eigenvalue weighted by Gasteiger charge is 2.22. The SMILES string of the molecule is CCCOc1cc(C)c(C(C)C)cc1S(=O)(=O)NCCCO. The molecule has 0 atom stereocenters. The molecule has 0 aliphatic heterocycles. The van der Waals surface area contributed by atoms with Gasteiger partial charge in [0.1, 0.15) is 10.6 Å². The molecule has 0 aromatic heterocycles. The van der Waals surface area contributed by atoms with Gasteiger partial charge in [-0.3, -0.25) is 0 Å². The van der Waals surface area contributed by atoms with Gasteiger partial charge in [-0.1, -0.05) is 20.8 Å². The Kier molecular flexibility index (Phi) is 7.32. The van der Waals surface area contributed by atoms with E-state index in [2.05, 4.69) is 4.72 Å². The van der Waals surface area contributed by atoms with Crippen LogP contribution in [-0.2, 0) is 10.0 Å². The van der Waals surface area contributed by atoms with Crippen LogP contribution in [0.1, 0.15) is 50.7 Å². The normalized spacial score (nSPS) is 11.9. The highest BCUT2D eigenvalue weighted by atomic mass is 32.2. The van der Waals surface area contributed by atoms with Crippen molar-refractivity contribution in [3.63, 3.8) is 0 Å². The Morgan fingerprint density at radius 3 is 2.55 bits per heavy atom. The van der Waals surface area contributed by atoms with Crippen LogP contribution in [0.5, 0.6) is 5.75 Å². The number of aliphatic hydroxyl groups excluding tert-OH is 1. The van der Waals surface area contributed by atoms with Crippen molar-refractivity contribution in [1.82, 2.24) is 4.72 Å². The summed E-state index contributed by atoms with van der Waals surface area (Å²) in [7, 11) is -3.65. The van der Waals surface area contributed by atoms with E-state index >= 15 is 0 Å². The van der Waals surface area contributed by atoms with Gasteiger partial charge in [-0.15, -0.1) is 0 Å². The van der Waals surface area contributed by atoms with Crippen molar-refractivity contribution in [2.75, 3.05) is 19.8 Å². The zero-order valence-corrected chi connectivity index (χ0v) is 14.7. The summed E-state index contributed by atoms with van der Waals surface area (Å²) in [4.78, 5) is 0.174. The van der Waals surface area contributed by atoms with E-state index < -0.39 is 10.0 Å². The maximum atomic E-state index is 12.5. The predicted molar refractivity (Wildman–Crippen MR) is 87.9 cm³/mol. The lowest BCUT2D eigenvalue weighted by atomic mass is 9.98. The number of ether oxygens (including phenoxy) is 1. The van der Waals surface area contributed by atoms with E-state index in [0.717, 1.165) is 17.5 Å². The van der Waals surface area contributed by atoms with Gasteiger partial charge in [0.05, 0.1) is 6.61 Å². The molecule has 0 saturated heterocycles. The monoisotopic (exact) mass is 329 g/mol. The van der Waals surface area contributed by atoms with Gasteiger partial charge in [-0.2, -0.15) is 0 Å². The van der Waals surface area contributed by atoms with E-state index in [-0.39, 0.29) is 24.0 Å². The summed E-state index contributed by atoms with van der Waals surface area (Å²) in [6, 6.07) is 3.50. The highest BCUT2D eigenvalue weighted by molar-refractivity contribution is 7.89. The van der Waals surface area contributed by atoms with Gasteiger partial charge in [-0.05, 0) is 48.9 Å². The Balaban J connectivity index is 3.25. The minimum Gasteiger partial charge on any atom is -0.492 e. The first-order chi connectivity index (χ1) is 10.3. The molecule has 1 aromatic rings. The Labute approximate surface area is 133 Å². The molecule has 0 aliphatic carbocycles. The average molecular weight is 329 g/mol. The Morgan fingerprint density at radius 2 is 2.00 bits per heavy atom. The fourth-order valence-electron chi connectivity index (χ4n) is 2.20. The topological polar surface area (TPSA) is 75.6 Å². The van der Waals surface area contributed by atoms with Gasteiger partial charge in [0, 0.05) is 13.2 Å². The number of benzene rings is 1. The van der Waals surface area contributed by atoms with Crippen LogP contribution in [0.3, 0.4) is 0 Å². The molecule has 0 unspecified atom stereocenters. The van der Waals surface area contributed by atoms with Crippen LogP contribution in [0.15, 0.2) is 17.0 Å². The largest absolute Gasteiger partial charge is 0.492 e. The second-order valence-electron chi connectivity index (χ2n) is 5.63. The van der Waals surface area contributed by atoms with Crippen LogP contribution < -0.4 is 9.46 Å². The van der Waals surface area contributed by atoms with Crippen LogP contribution in [-0.4, -0.2) is 33.3 Å². The molecule has 0 spiro atoms. The number of hydrogen-bond acceptors (Lipinski definition) is 4. The number of hydrogen-bond donors (Lipinski definition) is 2. The van der Waals surface area contributed by atoms with E-state index in [1.807, 2.05) is 27.7 Å². The van der Waals surface area contributed by atoms with Crippen molar-refractivity contribution in [2.24, 2.45) is 0 Å². The van der Waals surface area contributed by atoms with Crippen molar-refractivity contribution >= 4 is 10.0 Å². The molecule has 2 N–H and O–H groups in total. The lowest BCUT2D eigenvalue weighted by molar-refractivity contribution is 0.289. The molecule has 126 valence electrons. The molecular formula is C16H27NO4S. The van der Waals surface area contributed by atoms with Crippen molar-refractivity contribution in [3.05, 3.63) is 23.3 Å². The first-order valence-corrected chi connectivity index (χ1v) is 9.19. The average Bonchev–Trinajstić information content (AvgIpc) is 2.44. The van der Waals surface area contributed by atoms with Gasteiger partial charge in [0.2, 0.25) is 10.0 Å². The first-order valence-electron chi connectivity index (χ1n) is 7.71. The van der Waals surface area contributed by atoms with Crippen molar-refractivity contribution < 1.29 is 18.3 Å².